The zero-order valence-corrected chi connectivity index (χ0v) is 9.92. The van der Waals surface area contributed by atoms with E-state index in [-0.39, 0.29) is 70.3 Å². The fraction of sp³-hybridized carbons (Fsp3) is 0. The number of hydrogen-bond donors (Lipinski definition) is 1. The molecule has 0 spiro atoms. The largest absolute Gasteiger partial charge is 1.00 e. The van der Waals surface area contributed by atoms with E-state index in [1.54, 1.807) is 0 Å². The zero-order chi connectivity index (χ0) is 4.28. The van der Waals surface area contributed by atoms with Crippen LogP contribution in [-0.4, -0.2) is 11.1 Å². The van der Waals surface area contributed by atoms with Gasteiger partial charge in [-0.05, 0) is 0 Å². The number of aliphatic carboxylic acids is 1. The molecule has 1 N–H and O–H groups in total. The van der Waals surface area contributed by atoms with Crippen molar-refractivity contribution in [2.45, 2.75) is 0 Å². The van der Waals surface area contributed by atoms with Crippen molar-refractivity contribution in [3.8, 4) is 0 Å². The van der Waals surface area contributed by atoms with Gasteiger partial charge in [0.1, 0.15) is 0 Å². The first-order chi connectivity index (χ1) is 2.27. The average molecular weight is 206 g/mol. The third kappa shape index (κ3) is 8.98. The molecule has 0 fully saturated rings. The van der Waals surface area contributed by atoms with Gasteiger partial charge in [0.05, 0.1) is 0 Å². The maximum atomic E-state index is 9.25. The fourth-order valence-corrected chi connectivity index (χ4v) is 0. The molecule has 0 aromatic heterocycles. The molecule has 0 heterocycles. The second-order valence-corrected chi connectivity index (χ2v) is 0.542. The van der Waals surface area contributed by atoms with Gasteiger partial charge in [0, 0.05) is 6.08 Å². The molecule has 0 radical (unpaired) electrons. The van der Waals surface area contributed by atoms with Gasteiger partial charge in [-0.2, -0.15) is 0 Å². The van der Waals surface area contributed by atoms with Gasteiger partial charge in [0.2, 0.25) is 0 Å². The zero-order valence-electron chi connectivity index (χ0n) is 4.64. The van der Waals surface area contributed by atoms with Crippen molar-refractivity contribution >= 4 is 5.97 Å². The summed E-state index contributed by atoms with van der Waals surface area (Å²) in [6.07, 6.45) is 0.833. The van der Waals surface area contributed by atoms with Crippen LogP contribution in [0.25, 0.3) is 0 Å². The van der Waals surface area contributed by atoms with Crippen molar-refractivity contribution in [3.05, 3.63) is 12.7 Å². The fourth-order valence-electron chi connectivity index (χ4n) is 0. The Morgan fingerprint density at radius 3 is 2.17 bits per heavy atom. The van der Waals surface area contributed by atoms with Crippen LogP contribution in [0.2, 0.25) is 0 Å². The SMILES string of the molecule is C=CC(=O)O.[Cs+].[H-]. The predicted molar refractivity (Wildman–Crippen MR) is 18.9 cm³/mol. The number of carboxylic acids is 1. The van der Waals surface area contributed by atoms with Gasteiger partial charge in [0.25, 0.3) is 0 Å². The Hall–Kier alpha value is 1.26. The van der Waals surface area contributed by atoms with E-state index in [4.69, 9.17) is 5.11 Å². The van der Waals surface area contributed by atoms with Crippen LogP contribution >= 0.6 is 0 Å². The minimum atomic E-state index is -0.981. The van der Waals surface area contributed by atoms with Crippen molar-refractivity contribution in [2.24, 2.45) is 0 Å². The molecule has 2 nitrogen and oxygen atoms in total. The van der Waals surface area contributed by atoms with E-state index in [0.717, 1.165) is 6.08 Å². The van der Waals surface area contributed by atoms with Crippen molar-refractivity contribution < 1.29 is 80.2 Å². The third-order valence-corrected chi connectivity index (χ3v) is 0.175. The van der Waals surface area contributed by atoms with Crippen LogP contribution in [0, 0.1) is 0 Å². The van der Waals surface area contributed by atoms with E-state index in [1.807, 2.05) is 0 Å². The van der Waals surface area contributed by atoms with Crippen molar-refractivity contribution in [1.29, 1.82) is 0 Å². The summed E-state index contributed by atoms with van der Waals surface area (Å²) in [5.41, 5.74) is 0. The van der Waals surface area contributed by atoms with E-state index in [1.165, 1.54) is 0 Å². The van der Waals surface area contributed by atoms with E-state index < -0.39 is 5.97 Å². The van der Waals surface area contributed by atoms with E-state index in [9.17, 15) is 4.79 Å². The number of carboxylic acid groups (broad SMARTS) is 1. The Morgan fingerprint density at radius 1 is 2.00 bits per heavy atom. The summed E-state index contributed by atoms with van der Waals surface area (Å²) in [6.45, 7) is 2.96. The van der Waals surface area contributed by atoms with Gasteiger partial charge in [-0.1, -0.05) is 6.58 Å². The van der Waals surface area contributed by atoms with Gasteiger partial charge in [-0.25, -0.2) is 4.79 Å². The smallest absolute Gasteiger partial charge is 1.00 e. The summed E-state index contributed by atoms with van der Waals surface area (Å²) in [5, 5.41) is 7.60. The quantitative estimate of drug-likeness (QED) is 0.476. The van der Waals surface area contributed by atoms with Crippen LogP contribution in [0.15, 0.2) is 12.7 Å². The Balaban J connectivity index is -0.0000000800. The van der Waals surface area contributed by atoms with Gasteiger partial charge in [0.15, 0.2) is 0 Å². The minimum absolute atomic E-state index is 0. The first-order valence-electron chi connectivity index (χ1n) is 1.12. The van der Waals surface area contributed by atoms with Crippen molar-refractivity contribution in [1.82, 2.24) is 0 Å². The summed E-state index contributed by atoms with van der Waals surface area (Å²) < 4.78 is 0. The predicted octanol–water partition coefficient (Wildman–Crippen LogP) is -2.63. The minimum Gasteiger partial charge on any atom is -1.00 e. The summed E-state index contributed by atoms with van der Waals surface area (Å²) in [7, 11) is 0. The molecule has 0 saturated heterocycles. The molecule has 0 aliphatic heterocycles. The molecule has 3 heteroatoms. The maximum Gasteiger partial charge on any atom is 1.00 e. The molecule has 0 rings (SSSR count). The van der Waals surface area contributed by atoms with Gasteiger partial charge >= 0.3 is 74.9 Å². The van der Waals surface area contributed by atoms with Crippen molar-refractivity contribution in [3.63, 3.8) is 0 Å². The van der Waals surface area contributed by atoms with E-state index in [0.29, 0.717) is 0 Å². The Labute approximate surface area is 96.5 Å². The first kappa shape index (κ1) is 10.3. The Kier molecular flexibility index (Phi) is 10.7. The molecule has 0 atom stereocenters. The molecule has 0 aliphatic carbocycles. The Morgan fingerprint density at radius 2 is 2.17 bits per heavy atom. The summed E-state index contributed by atoms with van der Waals surface area (Å²) in [5.74, 6) is -0.981. The Bertz CT molecular complexity index is 64.0. The second-order valence-electron chi connectivity index (χ2n) is 0.542. The third-order valence-electron chi connectivity index (χ3n) is 0.175. The number of rotatable bonds is 1. The first-order valence-corrected chi connectivity index (χ1v) is 1.12. The number of carbonyl (C=O) groups is 1. The topological polar surface area (TPSA) is 37.3 Å². The van der Waals surface area contributed by atoms with Gasteiger partial charge < -0.3 is 6.53 Å². The normalized spacial score (nSPS) is 5.33. The number of hydrogen-bond acceptors (Lipinski definition) is 1. The molecule has 0 aromatic carbocycles. The molecular weight excluding hydrogens is 201 g/mol. The molecule has 0 amide bonds. The van der Waals surface area contributed by atoms with Crippen LogP contribution in [0.1, 0.15) is 1.43 Å². The molecule has 30 valence electrons. The summed E-state index contributed by atoms with van der Waals surface area (Å²) >= 11 is 0. The molecule has 0 aromatic rings. The van der Waals surface area contributed by atoms with Gasteiger partial charge in [-0.15, -0.1) is 0 Å². The summed E-state index contributed by atoms with van der Waals surface area (Å²) in [4.78, 5) is 9.25. The van der Waals surface area contributed by atoms with E-state index in [2.05, 4.69) is 6.58 Å². The monoisotopic (exact) mass is 206 g/mol. The molecule has 0 bridgehead atoms. The maximum absolute atomic E-state index is 9.25. The van der Waals surface area contributed by atoms with Gasteiger partial charge in [-0.3, -0.25) is 0 Å². The summed E-state index contributed by atoms with van der Waals surface area (Å²) in [6, 6.07) is 0. The van der Waals surface area contributed by atoms with Crippen LogP contribution in [0.4, 0.5) is 0 Å². The van der Waals surface area contributed by atoms with Crippen LogP contribution in [-0.2, 0) is 4.79 Å². The van der Waals surface area contributed by atoms with Crippen LogP contribution < -0.4 is 68.9 Å². The molecular formula is C3H5CsO2. The van der Waals surface area contributed by atoms with Crippen molar-refractivity contribution in [2.75, 3.05) is 0 Å². The van der Waals surface area contributed by atoms with E-state index >= 15 is 0 Å². The van der Waals surface area contributed by atoms with Crippen LogP contribution in [0.3, 0.4) is 0 Å². The molecule has 0 aliphatic rings. The molecule has 0 unspecified atom stereocenters. The van der Waals surface area contributed by atoms with Crippen LogP contribution in [0.5, 0.6) is 0 Å². The molecule has 0 saturated carbocycles. The average Bonchev–Trinajstić information content (AvgIpc) is 1.38. The second kappa shape index (κ2) is 6.26. The molecule has 6 heavy (non-hydrogen) atoms. The standard InChI is InChI=1S/C3H4O2.Cs.H/c1-2-3(4)5;;/h2H,1H2,(H,4,5);;/q;+1;-1.